The summed E-state index contributed by atoms with van der Waals surface area (Å²) in [4.78, 5) is 10.7. The molecule has 0 aromatic heterocycles. The van der Waals surface area contributed by atoms with Gasteiger partial charge in [-0.25, -0.2) is 4.39 Å². The predicted molar refractivity (Wildman–Crippen MR) is 56.6 cm³/mol. The summed E-state index contributed by atoms with van der Waals surface area (Å²) in [6.45, 7) is 3.84. The molecule has 1 atom stereocenters. The Bertz CT molecular complexity index is 366. The van der Waals surface area contributed by atoms with Gasteiger partial charge in [0.25, 0.3) is 0 Å². The Balaban J connectivity index is 2.65. The molecule has 0 saturated carbocycles. The average Bonchev–Trinajstić information content (AvgIpc) is 2.18. The molecule has 0 saturated heterocycles. The van der Waals surface area contributed by atoms with Crippen molar-refractivity contribution in [2.75, 3.05) is 0 Å². The van der Waals surface area contributed by atoms with Crippen molar-refractivity contribution in [1.29, 1.82) is 0 Å². The van der Waals surface area contributed by atoms with Crippen LogP contribution in [0.25, 0.3) is 0 Å². The van der Waals surface area contributed by atoms with E-state index in [4.69, 9.17) is 5.73 Å². The van der Waals surface area contributed by atoms with Crippen LogP contribution in [0.4, 0.5) is 4.39 Å². The molecular weight excluding hydrogens is 195 g/mol. The highest BCUT2D eigenvalue weighted by atomic mass is 19.1. The summed E-state index contributed by atoms with van der Waals surface area (Å²) in [5.41, 5.74) is 6.60. The van der Waals surface area contributed by atoms with Crippen LogP contribution in [-0.2, 0) is 11.3 Å². The minimum Gasteiger partial charge on any atom is -0.368 e. The number of carbonyl (C=O) groups is 1. The van der Waals surface area contributed by atoms with Crippen LogP contribution in [0, 0.1) is 12.7 Å². The van der Waals surface area contributed by atoms with E-state index >= 15 is 0 Å². The van der Waals surface area contributed by atoms with Crippen LogP contribution in [0.5, 0.6) is 0 Å². The summed E-state index contributed by atoms with van der Waals surface area (Å²) in [5.74, 6) is -0.715. The van der Waals surface area contributed by atoms with Gasteiger partial charge in [-0.15, -0.1) is 0 Å². The zero-order chi connectivity index (χ0) is 11.4. The number of rotatable bonds is 4. The molecule has 1 rings (SSSR count). The first kappa shape index (κ1) is 11.7. The fourth-order valence-electron chi connectivity index (χ4n) is 1.20. The molecule has 4 heteroatoms. The lowest BCUT2D eigenvalue weighted by Gasteiger charge is -2.10. The third-order valence-electron chi connectivity index (χ3n) is 2.23. The van der Waals surface area contributed by atoms with Crippen LogP contribution >= 0.6 is 0 Å². The van der Waals surface area contributed by atoms with E-state index in [-0.39, 0.29) is 5.82 Å². The standard InChI is InChI=1S/C11H15FN2O/c1-7-3-4-10(12)9(5-7)6-14-8(2)11(13)15/h3-5,8,14H,6H2,1-2H3,(H2,13,15)/t8-/m0/s1. The molecule has 0 aliphatic rings. The molecule has 1 aromatic carbocycles. The van der Waals surface area contributed by atoms with Gasteiger partial charge in [-0.2, -0.15) is 0 Å². The molecule has 0 radical (unpaired) electrons. The monoisotopic (exact) mass is 210 g/mol. The number of halogens is 1. The Kier molecular flexibility index (Phi) is 3.80. The molecule has 1 aromatic rings. The van der Waals surface area contributed by atoms with Crippen molar-refractivity contribution in [1.82, 2.24) is 5.32 Å². The number of amides is 1. The molecule has 15 heavy (non-hydrogen) atoms. The summed E-state index contributed by atoms with van der Waals surface area (Å²) < 4.78 is 13.3. The first-order valence-electron chi connectivity index (χ1n) is 4.78. The molecule has 0 spiro atoms. The maximum atomic E-state index is 13.3. The van der Waals surface area contributed by atoms with Crippen LogP contribution < -0.4 is 11.1 Å². The van der Waals surface area contributed by atoms with E-state index in [2.05, 4.69) is 5.32 Å². The minimum absolute atomic E-state index is 0.273. The van der Waals surface area contributed by atoms with Crippen molar-refractivity contribution in [3.8, 4) is 0 Å². The molecule has 0 aliphatic carbocycles. The zero-order valence-corrected chi connectivity index (χ0v) is 8.88. The maximum absolute atomic E-state index is 13.3. The second-order valence-corrected chi connectivity index (χ2v) is 3.60. The van der Waals surface area contributed by atoms with Gasteiger partial charge in [-0.1, -0.05) is 17.7 Å². The van der Waals surface area contributed by atoms with E-state index in [0.717, 1.165) is 5.56 Å². The van der Waals surface area contributed by atoms with Gasteiger partial charge in [0.1, 0.15) is 5.82 Å². The minimum atomic E-state index is -0.454. The Hall–Kier alpha value is -1.42. The molecule has 3 nitrogen and oxygen atoms in total. The lowest BCUT2D eigenvalue weighted by atomic mass is 10.1. The fraction of sp³-hybridized carbons (Fsp3) is 0.364. The molecule has 0 fully saturated rings. The van der Waals surface area contributed by atoms with Gasteiger partial charge in [0.2, 0.25) is 5.91 Å². The second kappa shape index (κ2) is 4.89. The van der Waals surface area contributed by atoms with E-state index in [1.807, 2.05) is 6.92 Å². The highest BCUT2D eigenvalue weighted by Gasteiger charge is 2.09. The predicted octanol–water partition coefficient (Wildman–Crippen LogP) is 1.10. The molecule has 0 heterocycles. The number of hydrogen-bond donors (Lipinski definition) is 2. The number of benzene rings is 1. The fourth-order valence-corrected chi connectivity index (χ4v) is 1.20. The van der Waals surface area contributed by atoms with E-state index in [1.165, 1.54) is 6.07 Å². The Labute approximate surface area is 88.5 Å². The molecule has 0 aliphatic heterocycles. The number of nitrogens with one attached hydrogen (secondary N) is 1. The summed E-state index contributed by atoms with van der Waals surface area (Å²) in [7, 11) is 0. The number of hydrogen-bond acceptors (Lipinski definition) is 2. The van der Waals surface area contributed by atoms with Crippen molar-refractivity contribution in [3.05, 3.63) is 35.1 Å². The summed E-state index contributed by atoms with van der Waals surface area (Å²) >= 11 is 0. The zero-order valence-electron chi connectivity index (χ0n) is 8.88. The van der Waals surface area contributed by atoms with E-state index in [1.54, 1.807) is 19.1 Å². The number of primary amides is 1. The molecule has 82 valence electrons. The number of nitrogens with two attached hydrogens (primary N) is 1. The summed E-state index contributed by atoms with van der Waals surface area (Å²) in [5, 5.41) is 2.85. The van der Waals surface area contributed by atoms with Crippen molar-refractivity contribution < 1.29 is 9.18 Å². The van der Waals surface area contributed by atoms with Crippen LogP contribution in [0.2, 0.25) is 0 Å². The lowest BCUT2D eigenvalue weighted by Crippen LogP contribution is -2.38. The smallest absolute Gasteiger partial charge is 0.234 e. The van der Waals surface area contributed by atoms with Gasteiger partial charge >= 0.3 is 0 Å². The second-order valence-electron chi connectivity index (χ2n) is 3.60. The van der Waals surface area contributed by atoms with Crippen molar-refractivity contribution in [2.24, 2.45) is 5.73 Å². The van der Waals surface area contributed by atoms with Crippen LogP contribution in [-0.4, -0.2) is 11.9 Å². The molecular formula is C11H15FN2O. The van der Waals surface area contributed by atoms with Gasteiger partial charge < -0.3 is 11.1 Å². The quantitative estimate of drug-likeness (QED) is 0.781. The largest absolute Gasteiger partial charge is 0.368 e. The van der Waals surface area contributed by atoms with Crippen LogP contribution in [0.1, 0.15) is 18.1 Å². The molecule has 0 unspecified atom stereocenters. The van der Waals surface area contributed by atoms with Crippen molar-refractivity contribution >= 4 is 5.91 Å². The third-order valence-corrected chi connectivity index (χ3v) is 2.23. The lowest BCUT2D eigenvalue weighted by molar-refractivity contribution is -0.119. The van der Waals surface area contributed by atoms with Gasteiger partial charge in [0, 0.05) is 12.1 Å². The van der Waals surface area contributed by atoms with Crippen molar-refractivity contribution in [2.45, 2.75) is 26.4 Å². The first-order chi connectivity index (χ1) is 7.00. The number of aryl methyl sites for hydroxylation is 1. The van der Waals surface area contributed by atoms with E-state index < -0.39 is 11.9 Å². The van der Waals surface area contributed by atoms with E-state index in [0.29, 0.717) is 12.1 Å². The topological polar surface area (TPSA) is 55.1 Å². The Morgan fingerprint density at radius 2 is 2.27 bits per heavy atom. The molecule has 3 N–H and O–H groups in total. The van der Waals surface area contributed by atoms with Gasteiger partial charge in [-0.3, -0.25) is 4.79 Å². The van der Waals surface area contributed by atoms with Crippen LogP contribution in [0.15, 0.2) is 18.2 Å². The van der Waals surface area contributed by atoms with Gasteiger partial charge in [-0.05, 0) is 19.9 Å². The number of carbonyl (C=O) groups excluding carboxylic acids is 1. The normalized spacial score (nSPS) is 12.5. The van der Waals surface area contributed by atoms with Gasteiger partial charge in [0.05, 0.1) is 6.04 Å². The first-order valence-corrected chi connectivity index (χ1v) is 4.78. The van der Waals surface area contributed by atoms with Gasteiger partial charge in [0.15, 0.2) is 0 Å². The Morgan fingerprint density at radius 1 is 1.60 bits per heavy atom. The van der Waals surface area contributed by atoms with Crippen LogP contribution in [0.3, 0.4) is 0 Å². The molecule has 0 bridgehead atoms. The summed E-state index contributed by atoms with van der Waals surface area (Å²) in [6.07, 6.45) is 0. The highest BCUT2D eigenvalue weighted by Crippen LogP contribution is 2.09. The average molecular weight is 210 g/mol. The van der Waals surface area contributed by atoms with E-state index in [9.17, 15) is 9.18 Å². The highest BCUT2D eigenvalue weighted by molar-refractivity contribution is 5.79. The Morgan fingerprint density at radius 3 is 2.87 bits per heavy atom. The van der Waals surface area contributed by atoms with Crippen molar-refractivity contribution in [3.63, 3.8) is 0 Å². The maximum Gasteiger partial charge on any atom is 0.234 e. The SMILES string of the molecule is Cc1ccc(F)c(CN[C@@H](C)C(N)=O)c1. The third kappa shape index (κ3) is 3.32. The summed E-state index contributed by atoms with van der Waals surface area (Å²) in [6, 6.07) is 4.41. The molecule has 1 amide bonds.